The molecule has 2 aliphatic heterocycles. The normalized spacial score (nSPS) is 18.6. The topological polar surface area (TPSA) is 117 Å². The maximum absolute atomic E-state index is 13.3. The number of alkyl halides is 3. The first-order valence-corrected chi connectivity index (χ1v) is 13.3. The van der Waals surface area contributed by atoms with E-state index in [1.54, 1.807) is 36.4 Å². The van der Waals surface area contributed by atoms with Crippen molar-refractivity contribution in [2.24, 2.45) is 0 Å². The lowest BCUT2D eigenvalue weighted by molar-refractivity contribution is -0.141. The van der Waals surface area contributed by atoms with Crippen molar-refractivity contribution < 1.29 is 27.8 Å². The molecule has 2 aromatic heterocycles. The summed E-state index contributed by atoms with van der Waals surface area (Å²) < 4.78 is 46.7. The number of amides is 2. The van der Waals surface area contributed by atoms with Crippen molar-refractivity contribution in [2.45, 2.75) is 44.2 Å². The fourth-order valence-electron chi connectivity index (χ4n) is 5.26. The molecule has 0 aliphatic carbocycles. The molecule has 2 saturated heterocycles. The maximum Gasteiger partial charge on any atom is 0.408 e. The minimum absolute atomic E-state index is 0.0504. The summed E-state index contributed by atoms with van der Waals surface area (Å²) in [4.78, 5) is 23.8. The number of rotatable bonds is 7. The molecule has 13 heteroatoms. The number of benzene rings is 2. The number of morpholine rings is 1. The number of urea groups is 1. The molecule has 2 amide bonds. The van der Waals surface area contributed by atoms with Crippen LogP contribution in [0.15, 0.2) is 54.7 Å². The molecule has 2 aromatic carbocycles. The number of carbonyl (C=O) groups excluding carboxylic acids is 1. The Morgan fingerprint density at radius 2 is 1.61 bits per heavy atom. The molecule has 6 rings (SSSR count). The van der Waals surface area contributed by atoms with E-state index in [-0.39, 0.29) is 30.3 Å². The number of fused-ring (bicyclic) bond motifs is 3. The van der Waals surface area contributed by atoms with Crippen LogP contribution in [0.1, 0.15) is 18.4 Å². The fourth-order valence-corrected chi connectivity index (χ4v) is 5.26. The lowest BCUT2D eigenvalue weighted by Crippen LogP contribution is -2.43. The zero-order chi connectivity index (χ0) is 28.6. The van der Waals surface area contributed by atoms with E-state index in [0.717, 1.165) is 23.1 Å². The first kappa shape index (κ1) is 27.0. The predicted molar refractivity (Wildman–Crippen MR) is 147 cm³/mol. The van der Waals surface area contributed by atoms with Crippen LogP contribution in [0.3, 0.4) is 0 Å². The summed E-state index contributed by atoms with van der Waals surface area (Å²) in [6, 6.07) is 13.5. The summed E-state index contributed by atoms with van der Waals surface area (Å²) >= 11 is 0. The third kappa shape index (κ3) is 6.10. The van der Waals surface area contributed by atoms with E-state index in [0.29, 0.717) is 47.7 Å². The van der Waals surface area contributed by atoms with Crippen LogP contribution in [0.25, 0.3) is 22.4 Å². The van der Waals surface area contributed by atoms with Gasteiger partial charge in [-0.05, 0) is 61.2 Å². The van der Waals surface area contributed by atoms with Crippen LogP contribution in [0.4, 0.5) is 35.2 Å². The Balaban J connectivity index is 1.24. The van der Waals surface area contributed by atoms with E-state index < -0.39 is 18.8 Å². The quantitative estimate of drug-likeness (QED) is 0.299. The van der Waals surface area contributed by atoms with E-state index in [4.69, 9.17) is 14.8 Å². The molecule has 2 bridgehead atoms. The molecule has 4 heterocycles. The van der Waals surface area contributed by atoms with Gasteiger partial charge in [0.1, 0.15) is 12.4 Å². The highest BCUT2D eigenvalue weighted by atomic mass is 19.4. The van der Waals surface area contributed by atoms with Crippen molar-refractivity contribution in [3.8, 4) is 11.4 Å². The highest BCUT2D eigenvalue weighted by molar-refractivity contribution is 5.99. The number of hydrogen-bond donors (Lipinski definition) is 3. The summed E-state index contributed by atoms with van der Waals surface area (Å²) in [5, 5.41) is 19.0. The molecule has 4 aromatic rings. The van der Waals surface area contributed by atoms with Gasteiger partial charge in [-0.2, -0.15) is 18.3 Å². The minimum Gasteiger partial charge on any atom is -0.396 e. The SMILES string of the molecule is O=C(Nc1ccc(CCO)cc1)Nc1ccc(-c2nc(N3CC4CCC(C3)O4)c3cnn(CC(F)(F)F)c3n2)cc1. The lowest BCUT2D eigenvalue weighted by atomic mass is 10.1. The van der Waals surface area contributed by atoms with Crippen LogP contribution in [0.5, 0.6) is 0 Å². The Kier molecular flexibility index (Phi) is 7.22. The second-order valence-corrected chi connectivity index (χ2v) is 10.2. The molecule has 0 spiro atoms. The van der Waals surface area contributed by atoms with Crippen LogP contribution in [0.2, 0.25) is 0 Å². The molecule has 10 nitrogen and oxygen atoms in total. The van der Waals surface area contributed by atoms with Gasteiger partial charge in [-0.1, -0.05) is 12.1 Å². The number of carbonyl (C=O) groups is 1. The minimum atomic E-state index is -4.46. The summed E-state index contributed by atoms with van der Waals surface area (Å²) in [5.74, 6) is 0.791. The van der Waals surface area contributed by atoms with E-state index >= 15 is 0 Å². The number of ether oxygens (including phenoxy) is 1. The number of anilines is 3. The number of aromatic nitrogens is 4. The Labute approximate surface area is 233 Å². The monoisotopic (exact) mass is 567 g/mol. The molecule has 2 fully saturated rings. The molecular formula is C28H28F3N7O3. The van der Waals surface area contributed by atoms with Crippen molar-refractivity contribution >= 4 is 34.3 Å². The van der Waals surface area contributed by atoms with Gasteiger partial charge in [0.05, 0.1) is 23.8 Å². The standard InChI is InChI=1S/C28H28F3N7O3/c29-28(30,31)16-38-26-23(13-32-38)25(37-14-21-9-10-22(15-37)41-21)35-24(36-26)18-3-7-20(8-4-18)34-27(40)33-19-5-1-17(2-6-19)11-12-39/h1-8,13,21-22,39H,9-12,14-16H2,(H2,33,34,40). The summed E-state index contributed by atoms with van der Waals surface area (Å²) in [6.07, 6.45) is -0.542. The van der Waals surface area contributed by atoms with Crippen molar-refractivity contribution in [1.29, 1.82) is 0 Å². The Morgan fingerprint density at radius 1 is 0.976 bits per heavy atom. The van der Waals surface area contributed by atoms with Crippen molar-refractivity contribution in [1.82, 2.24) is 19.7 Å². The van der Waals surface area contributed by atoms with Gasteiger partial charge in [0, 0.05) is 36.6 Å². The van der Waals surface area contributed by atoms with Gasteiger partial charge in [0.25, 0.3) is 0 Å². The molecule has 214 valence electrons. The number of aliphatic hydroxyl groups is 1. The number of nitrogens with one attached hydrogen (secondary N) is 2. The van der Waals surface area contributed by atoms with Gasteiger partial charge in [-0.25, -0.2) is 19.4 Å². The van der Waals surface area contributed by atoms with Crippen LogP contribution >= 0.6 is 0 Å². The number of hydrogen-bond acceptors (Lipinski definition) is 7. The largest absolute Gasteiger partial charge is 0.408 e. The van der Waals surface area contributed by atoms with Crippen LogP contribution < -0.4 is 15.5 Å². The van der Waals surface area contributed by atoms with Gasteiger partial charge in [-0.15, -0.1) is 0 Å². The van der Waals surface area contributed by atoms with E-state index in [2.05, 4.69) is 25.6 Å². The highest BCUT2D eigenvalue weighted by Crippen LogP contribution is 2.34. The second kappa shape index (κ2) is 11.0. The molecule has 2 atom stereocenters. The molecule has 0 saturated carbocycles. The van der Waals surface area contributed by atoms with E-state index in [1.165, 1.54) is 6.20 Å². The summed E-state index contributed by atoms with van der Waals surface area (Å²) in [5.41, 5.74) is 2.75. The first-order chi connectivity index (χ1) is 19.7. The molecule has 2 unspecified atom stereocenters. The zero-order valence-electron chi connectivity index (χ0n) is 21.9. The van der Waals surface area contributed by atoms with Gasteiger partial charge < -0.3 is 25.4 Å². The lowest BCUT2D eigenvalue weighted by Gasteiger charge is -2.33. The maximum atomic E-state index is 13.3. The van der Waals surface area contributed by atoms with Gasteiger partial charge in [0.2, 0.25) is 0 Å². The molecule has 41 heavy (non-hydrogen) atoms. The van der Waals surface area contributed by atoms with E-state index in [1.807, 2.05) is 12.1 Å². The van der Waals surface area contributed by atoms with Crippen LogP contribution in [-0.4, -0.2) is 69.0 Å². The van der Waals surface area contributed by atoms with Crippen molar-refractivity contribution in [3.05, 3.63) is 60.3 Å². The third-order valence-corrected chi connectivity index (χ3v) is 7.16. The molecular weight excluding hydrogens is 539 g/mol. The van der Waals surface area contributed by atoms with Gasteiger partial charge >= 0.3 is 12.2 Å². The Hall–Kier alpha value is -4.23. The average molecular weight is 568 g/mol. The highest BCUT2D eigenvalue weighted by Gasteiger charge is 2.36. The fraction of sp³-hybridized carbons (Fsp3) is 0.357. The molecule has 2 aliphatic rings. The second-order valence-electron chi connectivity index (χ2n) is 10.2. The molecule has 0 radical (unpaired) electrons. The van der Waals surface area contributed by atoms with Crippen molar-refractivity contribution in [3.63, 3.8) is 0 Å². The van der Waals surface area contributed by atoms with Crippen molar-refractivity contribution in [2.75, 3.05) is 35.2 Å². The Bertz CT molecular complexity index is 1530. The summed E-state index contributed by atoms with van der Waals surface area (Å²) in [7, 11) is 0. The van der Waals surface area contributed by atoms with Crippen LogP contribution in [-0.2, 0) is 17.7 Å². The van der Waals surface area contributed by atoms with E-state index in [9.17, 15) is 18.0 Å². The zero-order valence-corrected chi connectivity index (χ0v) is 21.9. The predicted octanol–water partition coefficient (Wildman–Crippen LogP) is 4.60. The third-order valence-electron chi connectivity index (χ3n) is 7.16. The first-order valence-electron chi connectivity index (χ1n) is 13.3. The summed E-state index contributed by atoms with van der Waals surface area (Å²) in [6.45, 7) is -0.0268. The number of aliphatic hydroxyl groups excluding tert-OH is 1. The number of halogens is 3. The van der Waals surface area contributed by atoms with Crippen LogP contribution in [0, 0.1) is 0 Å². The number of nitrogens with zero attached hydrogens (tertiary/aromatic N) is 5. The molecule has 3 N–H and O–H groups in total. The smallest absolute Gasteiger partial charge is 0.396 e. The average Bonchev–Trinajstić information content (AvgIpc) is 3.50. The van der Waals surface area contributed by atoms with Gasteiger partial charge in [-0.3, -0.25) is 0 Å². The Morgan fingerprint density at radius 3 is 2.22 bits per heavy atom. The van der Waals surface area contributed by atoms with Gasteiger partial charge in [0.15, 0.2) is 11.5 Å².